The zero-order valence-corrected chi connectivity index (χ0v) is 12.7. The Morgan fingerprint density at radius 1 is 1.33 bits per heavy atom. The Morgan fingerprint density at radius 2 is 2.10 bits per heavy atom. The van der Waals surface area contributed by atoms with Gasteiger partial charge in [0.1, 0.15) is 11.6 Å². The van der Waals surface area contributed by atoms with Crippen LogP contribution in [0.1, 0.15) is 50.0 Å². The minimum atomic E-state index is -0.301. The van der Waals surface area contributed by atoms with Gasteiger partial charge < -0.3 is 14.6 Å². The molecule has 21 heavy (non-hydrogen) atoms. The molecule has 1 unspecified atom stereocenters. The number of rotatable bonds is 6. The molecule has 1 aromatic heterocycles. The summed E-state index contributed by atoms with van der Waals surface area (Å²) < 4.78 is 24.5. The van der Waals surface area contributed by atoms with Crippen LogP contribution in [0.5, 0.6) is 5.75 Å². The summed E-state index contributed by atoms with van der Waals surface area (Å²) in [5, 5.41) is 6.82. The molecule has 0 spiro atoms. The van der Waals surface area contributed by atoms with E-state index in [1.165, 1.54) is 6.07 Å². The first-order chi connectivity index (χ1) is 10.0. The lowest BCUT2D eigenvalue weighted by molar-refractivity contribution is 0.283. The second-order valence-electron chi connectivity index (χ2n) is 5.19. The van der Waals surface area contributed by atoms with Crippen LogP contribution in [0.3, 0.4) is 0 Å². The van der Waals surface area contributed by atoms with E-state index in [0.29, 0.717) is 23.0 Å². The van der Waals surface area contributed by atoms with E-state index in [1.54, 1.807) is 19.2 Å². The number of nitrogens with one attached hydrogen (secondary N) is 1. The SMILES string of the molecule is CNC(C)c1ccc(OCc2noc(C(C)C)n2)cc1F. The summed E-state index contributed by atoms with van der Waals surface area (Å²) in [5.74, 6) is 1.33. The van der Waals surface area contributed by atoms with E-state index in [4.69, 9.17) is 9.26 Å². The normalized spacial score (nSPS) is 12.7. The van der Waals surface area contributed by atoms with Gasteiger partial charge in [0.05, 0.1) is 0 Å². The zero-order valence-electron chi connectivity index (χ0n) is 12.7. The van der Waals surface area contributed by atoms with Crippen molar-refractivity contribution in [2.24, 2.45) is 0 Å². The van der Waals surface area contributed by atoms with E-state index in [9.17, 15) is 4.39 Å². The van der Waals surface area contributed by atoms with Crippen molar-refractivity contribution in [1.82, 2.24) is 15.5 Å². The summed E-state index contributed by atoms with van der Waals surface area (Å²) in [4.78, 5) is 4.20. The van der Waals surface area contributed by atoms with Crippen LogP contribution in [0.25, 0.3) is 0 Å². The molecule has 1 N–H and O–H groups in total. The van der Waals surface area contributed by atoms with Gasteiger partial charge in [-0.2, -0.15) is 4.98 Å². The molecule has 1 aromatic carbocycles. The smallest absolute Gasteiger partial charge is 0.229 e. The van der Waals surface area contributed by atoms with Gasteiger partial charge in [-0.3, -0.25) is 0 Å². The van der Waals surface area contributed by atoms with Gasteiger partial charge in [0.15, 0.2) is 6.61 Å². The predicted octanol–water partition coefficient (Wildman–Crippen LogP) is 3.19. The van der Waals surface area contributed by atoms with Crippen LogP contribution in [0, 0.1) is 5.82 Å². The second kappa shape index (κ2) is 6.67. The predicted molar refractivity (Wildman–Crippen MR) is 76.6 cm³/mol. The molecule has 6 heteroatoms. The van der Waals surface area contributed by atoms with Gasteiger partial charge >= 0.3 is 0 Å². The highest BCUT2D eigenvalue weighted by Crippen LogP contribution is 2.22. The maximum atomic E-state index is 14.0. The Hall–Kier alpha value is -1.95. The Labute approximate surface area is 123 Å². The molecule has 0 aliphatic rings. The van der Waals surface area contributed by atoms with Gasteiger partial charge in [0, 0.05) is 23.6 Å². The number of hydrogen-bond acceptors (Lipinski definition) is 5. The molecule has 0 amide bonds. The Bertz CT molecular complexity index is 598. The Kier molecular flexibility index (Phi) is 4.90. The summed E-state index contributed by atoms with van der Waals surface area (Å²) >= 11 is 0. The molecule has 0 saturated heterocycles. The highest BCUT2D eigenvalue weighted by molar-refractivity contribution is 5.30. The molecular weight excluding hydrogens is 273 g/mol. The summed E-state index contributed by atoms with van der Waals surface area (Å²) in [6, 6.07) is 4.76. The van der Waals surface area contributed by atoms with Crippen LogP contribution in [0.2, 0.25) is 0 Å². The third kappa shape index (κ3) is 3.78. The molecule has 1 atom stereocenters. The van der Waals surface area contributed by atoms with E-state index >= 15 is 0 Å². The maximum Gasteiger partial charge on any atom is 0.229 e. The van der Waals surface area contributed by atoms with Gasteiger partial charge in [0.25, 0.3) is 0 Å². The van der Waals surface area contributed by atoms with Gasteiger partial charge in [0.2, 0.25) is 11.7 Å². The first-order valence-corrected chi connectivity index (χ1v) is 6.93. The molecule has 0 bridgehead atoms. The number of benzene rings is 1. The van der Waals surface area contributed by atoms with Crippen LogP contribution >= 0.6 is 0 Å². The standard InChI is InChI=1S/C15H20FN3O2/c1-9(2)15-18-14(19-21-15)8-20-11-5-6-12(10(3)17-4)13(16)7-11/h5-7,9-10,17H,8H2,1-4H3. The van der Waals surface area contributed by atoms with Crippen molar-refractivity contribution in [2.75, 3.05) is 7.05 Å². The summed E-state index contributed by atoms with van der Waals surface area (Å²) in [5.41, 5.74) is 0.603. The summed E-state index contributed by atoms with van der Waals surface area (Å²) in [7, 11) is 1.79. The molecule has 0 radical (unpaired) electrons. The van der Waals surface area contributed by atoms with Crippen molar-refractivity contribution < 1.29 is 13.7 Å². The lowest BCUT2D eigenvalue weighted by atomic mass is 10.1. The van der Waals surface area contributed by atoms with E-state index in [1.807, 2.05) is 20.8 Å². The van der Waals surface area contributed by atoms with E-state index in [-0.39, 0.29) is 24.4 Å². The topological polar surface area (TPSA) is 60.2 Å². The molecule has 2 aromatic rings. The van der Waals surface area contributed by atoms with E-state index < -0.39 is 0 Å². The van der Waals surface area contributed by atoms with Crippen LogP contribution in [0.4, 0.5) is 4.39 Å². The Morgan fingerprint density at radius 3 is 2.67 bits per heavy atom. The maximum absolute atomic E-state index is 14.0. The fourth-order valence-electron chi connectivity index (χ4n) is 1.81. The largest absolute Gasteiger partial charge is 0.485 e. The first-order valence-electron chi connectivity index (χ1n) is 6.93. The lowest BCUT2D eigenvalue weighted by Crippen LogP contribution is -2.13. The lowest BCUT2D eigenvalue weighted by Gasteiger charge is -2.12. The molecule has 0 aliphatic heterocycles. The molecule has 0 aliphatic carbocycles. The van der Waals surface area contributed by atoms with Crippen LogP contribution in [-0.4, -0.2) is 17.2 Å². The minimum absolute atomic E-state index is 0.0511. The highest BCUT2D eigenvalue weighted by atomic mass is 19.1. The average molecular weight is 293 g/mol. The quantitative estimate of drug-likeness (QED) is 0.886. The molecule has 114 valence electrons. The molecule has 2 rings (SSSR count). The van der Waals surface area contributed by atoms with Crippen molar-refractivity contribution in [3.63, 3.8) is 0 Å². The molecule has 5 nitrogen and oxygen atoms in total. The van der Waals surface area contributed by atoms with Crippen molar-refractivity contribution in [2.45, 2.75) is 39.3 Å². The number of halogens is 1. The van der Waals surface area contributed by atoms with Crippen LogP contribution < -0.4 is 10.1 Å². The van der Waals surface area contributed by atoms with Crippen molar-refractivity contribution in [3.05, 3.63) is 41.3 Å². The van der Waals surface area contributed by atoms with Gasteiger partial charge in [-0.05, 0) is 20.0 Å². The molecule has 0 saturated carbocycles. The van der Waals surface area contributed by atoms with Gasteiger partial charge in [-0.15, -0.1) is 0 Å². The van der Waals surface area contributed by atoms with Crippen LogP contribution in [-0.2, 0) is 6.61 Å². The number of aromatic nitrogens is 2. The zero-order chi connectivity index (χ0) is 15.4. The van der Waals surface area contributed by atoms with Crippen molar-refractivity contribution in [3.8, 4) is 5.75 Å². The number of nitrogens with zero attached hydrogens (tertiary/aromatic N) is 2. The fraction of sp³-hybridized carbons (Fsp3) is 0.467. The number of hydrogen-bond donors (Lipinski definition) is 1. The average Bonchev–Trinajstić information content (AvgIpc) is 2.93. The molecular formula is C15H20FN3O2. The summed E-state index contributed by atoms with van der Waals surface area (Å²) in [6.07, 6.45) is 0. The molecule has 0 fully saturated rings. The van der Waals surface area contributed by atoms with Gasteiger partial charge in [-0.1, -0.05) is 25.1 Å². The Balaban J connectivity index is 2.01. The van der Waals surface area contributed by atoms with E-state index in [0.717, 1.165) is 0 Å². The highest BCUT2D eigenvalue weighted by Gasteiger charge is 2.12. The third-order valence-corrected chi connectivity index (χ3v) is 3.22. The second-order valence-corrected chi connectivity index (χ2v) is 5.19. The van der Waals surface area contributed by atoms with Crippen molar-refractivity contribution >= 4 is 0 Å². The summed E-state index contributed by atoms with van der Waals surface area (Å²) in [6.45, 7) is 5.98. The monoisotopic (exact) mass is 293 g/mol. The molecule has 1 heterocycles. The third-order valence-electron chi connectivity index (χ3n) is 3.22. The fourth-order valence-corrected chi connectivity index (χ4v) is 1.81. The van der Waals surface area contributed by atoms with E-state index in [2.05, 4.69) is 15.5 Å². The minimum Gasteiger partial charge on any atom is -0.485 e. The van der Waals surface area contributed by atoms with Crippen molar-refractivity contribution in [1.29, 1.82) is 0 Å². The number of ether oxygens (including phenoxy) is 1. The van der Waals surface area contributed by atoms with Crippen LogP contribution in [0.15, 0.2) is 22.7 Å². The first kappa shape index (κ1) is 15.4. The van der Waals surface area contributed by atoms with Gasteiger partial charge in [-0.25, -0.2) is 4.39 Å².